The van der Waals surface area contributed by atoms with Crippen LogP contribution < -0.4 is 10.2 Å². The molecule has 1 N–H and O–H groups in total. The monoisotopic (exact) mass is 328 g/mol. The van der Waals surface area contributed by atoms with E-state index in [1.165, 1.54) is 24.8 Å². The largest absolute Gasteiger partial charge is 0.353 e. The van der Waals surface area contributed by atoms with Gasteiger partial charge in [0.05, 0.1) is 5.92 Å². The highest BCUT2D eigenvalue weighted by atomic mass is 16.2. The zero-order valence-corrected chi connectivity index (χ0v) is 15.0. The van der Waals surface area contributed by atoms with Gasteiger partial charge in [-0.3, -0.25) is 9.59 Å². The van der Waals surface area contributed by atoms with Gasteiger partial charge in [0, 0.05) is 24.7 Å². The van der Waals surface area contributed by atoms with Crippen molar-refractivity contribution in [1.29, 1.82) is 0 Å². The number of aryl methyl sites for hydroxylation is 1. The third kappa shape index (κ3) is 3.33. The van der Waals surface area contributed by atoms with Gasteiger partial charge in [-0.05, 0) is 49.8 Å². The van der Waals surface area contributed by atoms with Gasteiger partial charge >= 0.3 is 0 Å². The molecule has 3 rings (SSSR count). The number of hydrogen-bond donors (Lipinski definition) is 1. The molecule has 1 saturated carbocycles. The number of carbonyl (C=O) groups excluding carboxylic acids is 2. The average Bonchev–Trinajstić information content (AvgIpc) is 2.94. The average molecular weight is 328 g/mol. The number of anilines is 1. The first kappa shape index (κ1) is 17.0. The molecule has 1 aliphatic carbocycles. The van der Waals surface area contributed by atoms with Crippen LogP contribution in [0.4, 0.5) is 5.69 Å². The molecule has 24 heavy (non-hydrogen) atoms. The van der Waals surface area contributed by atoms with Crippen LogP contribution in [0.3, 0.4) is 0 Å². The molecule has 1 heterocycles. The quantitative estimate of drug-likeness (QED) is 0.925. The molecular formula is C20H28N2O2. The number of nitrogens with one attached hydrogen (secondary N) is 1. The first-order valence-electron chi connectivity index (χ1n) is 9.14. The maximum Gasteiger partial charge on any atom is 0.227 e. The summed E-state index contributed by atoms with van der Waals surface area (Å²) < 4.78 is 0. The van der Waals surface area contributed by atoms with Crippen molar-refractivity contribution in [1.82, 2.24) is 5.32 Å². The molecule has 130 valence electrons. The fourth-order valence-corrected chi connectivity index (χ4v) is 3.98. The zero-order valence-electron chi connectivity index (χ0n) is 15.0. The Morgan fingerprint density at radius 3 is 2.71 bits per heavy atom. The third-order valence-corrected chi connectivity index (χ3v) is 5.80. The number of carbonyl (C=O) groups is 2. The van der Waals surface area contributed by atoms with Gasteiger partial charge in [0.2, 0.25) is 11.8 Å². The summed E-state index contributed by atoms with van der Waals surface area (Å²) in [5.41, 5.74) is 3.23. The minimum Gasteiger partial charge on any atom is -0.353 e. The topological polar surface area (TPSA) is 49.4 Å². The Morgan fingerprint density at radius 2 is 1.96 bits per heavy atom. The number of rotatable bonds is 3. The van der Waals surface area contributed by atoms with Gasteiger partial charge in [0.1, 0.15) is 0 Å². The molecule has 0 bridgehead atoms. The van der Waals surface area contributed by atoms with E-state index in [4.69, 9.17) is 0 Å². The van der Waals surface area contributed by atoms with E-state index < -0.39 is 0 Å². The second kappa shape index (κ2) is 6.96. The minimum atomic E-state index is -0.230. The van der Waals surface area contributed by atoms with Crippen LogP contribution in [-0.2, 0) is 9.59 Å². The van der Waals surface area contributed by atoms with E-state index in [1.807, 2.05) is 32.0 Å². The molecule has 0 spiro atoms. The highest BCUT2D eigenvalue weighted by molar-refractivity contribution is 6.01. The summed E-state index contributed by atoms with van der Waals surface area (Å²) >= 11 is 0. The molecular weight excluding hydrogens is 300 g/mol. The molecule has 4 nitrogen and oxygen atoms in total. The zero-order chi connectivity index (χ0) is 17.3. The summed E-state index contributed by atoms with van der Waals surface area (Å²) in [5, 5.41) is 3.21. The first-order valence-corrected chi connectivity index (χ1v) is 9.14. The van der Waals surface area contributed by atoms with Crippen LogP contribution >= 0.6 is 0 Å². The molecule has 0 unspecified atom stereocenters. The molecule has 1 saturated heterocycles. The molecule has 1 aromatic rings. The van der Waals surface area contributed by atoms with Gasteiger partial charge in [0.15, 0.2) is 0 Å². The van der Waals surface area contributed by atoms with E-state index in [0.29, 0.717) is 18.9 Å². The van der Waals surface area contributed by atoms with Crippen molar-refractivity contribution in [2.45, 2.75) is 58.9 Å². The summed E-state index contributed by atoms with van der Waals surface area (Å²) in [6, 6.07) is 6.27. The molecule has 2 aliphatic rings. The van der Waals surface area contributed by atoms with E-state index in [9.17, 15) is 9.59 Å². The molecule has 0 aromatic heterocycles. The van der Waals surface area contributed by atoms with E-state index >= 15 is 0 Å². The molecule has 4 heteroatoms. The molecule has 1 aliphatic heterocycles. The number of amides is 2. The van der Waals surface area contributed by atoms with Crippen LogP contribution in [0.5, 0.6) is 0 Å². The lowest BCUT2D eigenvalue weighted by Crippen LogP contribution is -2.44. The number of hydrogen-bond acceptors (Lipinski definition) is 2. The SMILES string of the molecule is Cc1cccc(N2C[C@H](C(=O)N[C@H]3CCCC[C@@H]3C)CC2=O)c1C. The van der Waals surface area contributed by atoms with Gasteiger partial charge in [-0.1, -0.05) is 31.9 Å². The van der Waals surface area contributed by atoms with Crippen molar-refractivity contribution < 1.29 is 9.59 Å². The van der Waals surface area contributed by atoms with Crippen molar-refractivity contribution in [2.75, 3.05) is 11.4 Å². The lowest BCUT2D eigenvalue weighted by molar-refractivity contribution is -0.127. The van der Waals surface area contributed by atoms with Crippen molar-refractivity contribution in [3.8, 4) is 0 Å². The lowest BCUT2D eigenvalue weighted by Gasteiger charge is -2.30. The first-order chi connectivity index (χ1) is 11.5. The second-order valence-corrected chi connectivity index (χ2v) is 7.50. The molecule has 1 aromatic carbocycles. The van der Waals surface area contributed by atoms with Gasteiger partial charge < -0.3 is 10.2 Å². The Hall–Kier alpha value is -1.84. The summed E-state index contributed by atoms with van der Waals surface area (Å²) in [5.74, 6) is 0.414. The van der Waals surface area contributed by atoms with Crippen LogP contribution in [0.2, 0.25) is 0 Å². The Morgan fingerprint density at radius 1 is 1.21 bits per heavy atom. The second-order valence-electron chi connectivity index (χ2n) is 7.50. The van der Waals surface area contributed by atoms with Crippen molar-refractivity contribution in [3.63, 3.8) is 0 Å². The highest BCUT2D eigenvalue weighted by Crippen LogP contribution is 2.30. The van der Waals surface area contributed by atoms with E-state index in [2.05, 4.69) is 12.2 Å². The summed E-state index contributed by atoms with van der Waals surface area (Å²) in [4.78, 5) is 26.9. The molecule has 0 radical (unpaired) electrons. The lowest BCUT2D eigenvalue weighted by atomic mass is 9.85. The summed E-state index contributed by atoms with van der Waals surface area (Å²) in [6.45, 7) is 6.80. The predicted molar refractivity (Wildman–Crippen MR) is 95.9 cm³/mol. The van der Waals surface area contributed by atoms with Crippen LogP contribution in [0.25, 0.3) is 0 Å². The summed E-state index contributed by atoms with van der Waals surface area (Å²) in [6.07, 6.45) is 5.01. The van der Waals surface area contributed by atoms with Crippen molar-refractivity contribution in [3.05, 3.63) is 29.3 Å². The predicted octanol–water partition coefficient (Wildman–Crippen LogP) is 3.35. The Kier molecular flexibility index (Phi) is 4.93. The fraction of sp³-hybridized carbons (Fsp3) is 0.600. The molecule has 2 amide bonds. The van der Waals surface area contributed by atoms with Gasteiger partial charge in [-0.25, -0.2) is 0 Å². The van der Waals surface area contributed by atoms with E-state index in [-0.39, 0.29) is 23.8 Å². The van der Waals surface area contributed by atoms with Gasteiger partial charge in [-0.15, -0.1) is 0 Å². The van der Waals surface area contributed by atoms with Crippen LogP contribution in [-0.4, -0.2) is 24.4 Å². The third-order valence-electron chi connectivity index (χ3n) is 5.80. The van der Waals surface area contributed by atoms with Crippen molar-refractivity contribution >= 4 is 17.5 Å². The highest BCUT2D eigenvalue weighted by Gasteiger charge is 2.37. The normalized spacial score (nSPS) is 27.4. The Balaban J connectivity index is 1.68. The van der Waals surface area contributed by atoms with Crippen LogP contribution in [0.15, 0.2) is 18.2 Å². The van der Waals surface area contributed by atoms with Gasteiger partial charge in [0.25, 0.3) is 0 Å². The van der Waals surface area contributed by atoms with Gasteiger partial charge in [-0.2, -0.15) is 0 Å². The van der Waals surface area contributed by atoms with E-state index in [0.717, 1.165) is 17.7 Å². The maximum absolute atomic E-state index is 12.6. The number of benzene rings is 1. The fourth-order valence-electron chi connectivity index (χ4n) is 3.98. The maximum atomic E-state index is 12.6. The summed E-state index contributed by atoms with van der Waals surface area (Å²) in [7, 11) is 0. The Labute approximate surface area is 144 Å². The van der Waals surface area contributed by atoms with Crippen molar-refractivity contribution in [2.24, 2.45) is 11.8 Å². The standard InChI is InChI=1S/C20H28N2O2/c1-13-8-6-10-18(15(13)3)22-12-16(11-19(22)23)20(24)21-17-9-5-4-7-14(17)2/h6,8,10,14,16-17H,4-5,7,9,11-12H2,1-3H3,(H,21,24)/t14-,16+,17-/m0/s1. The van der Waals surface area contributed by atoms with E-state index in [1.54, 1.807) is 4.90 Å². The molecule has 3 atom stereocenters. The smallest absolute Gasteiger partial charge is 0.227 e. The number of nitrogens with zero attached hydrogens (tertiary/aromatic N) is 1. The van der Waals surface area contributed by atoms with Crippen LogP contribution in [0, 0.1) is 25.7 Å². The minimum absolute atomic E-state index is 0.0508. The Bertz CT molecular complexity index is 641. The van der Waals surface area contributed by atoms with Crippen LogP contribution in [0.1, 0.15) is 50.2 Å². The molecule has 2 fully saturated rings.